The topological polar surface area (TPSA) is 16.1 Å². The summed E-state index contributed by atoms with van der Waals surface area (Å²) in [5.41, 5.74) is 2.38. The number of hydrogen-bond acceptors (Lipinski definition) is 2. The molecule has 19 heavy (non-hydrogen) atoms. The van der Waals surface area contributed by atoms with Crippen LogP contribution in [0.25, 0.3) is 10.9 Å². The van der Waals surface area contributed by atoms with Gasteiger partial charge in [0.15, 0.2) is 0 Å². The maximum atomic E-state index is 4.89. The lowest BCUT2D eigenvalue weighted by Crippen LogP contribution is -2.30. The summed E-state index contributed by atoms with van der Waals surface area (Å²) in [5, 5.41) is 2.08. The minimum atomic E-state index is 0.659. The minimum absolute atomic E-state index is 0.659. The molecule has 0 bridgehead atoms. The molecule has 3 heteroatoms. The first kappa shape index (κ1) is 12.9. The number of para-hydroxylation sites is 1. The van der Waals surface area contributed by atoms with Crippen LogP contribution in [-0.4, -0.2) is 18.1 Å². The van der Waals surface area contributed by atoms with Gasteiger partial charge in [-0.15, -0.1) is 0 Å². The smallest absolute Gasteiger partial charge is 0.133 e. The molecule has 1 aliphatic carbocycles. The number of benzene rings is 1. The number of halogens is 1. The van der Waals surface area contributed by atoms with Crippen molar-refractivity contribution in [1.82, 2.24) is 4.98 Å². The number of nitrogens with zero attached hydrogens (tertiary/aromatic N) is 2. The number of rotatable bonds is 3. The highest BCUT2D eigenvalue weighted by atomic mass is 79.9. The van der Waals surface area contributed by atoms with Crippen molar-refractivity contribution in [2.45, 2.75) is 37.1 Å². The molecule has 1 aliphatic rings. The van der Waals surface area contributed by atoms with E-state index in [1.807, 2.05) is 0 Å². The maximum Gasteiger partial charge on any atom is 0.133 e. The van der Waals surface area contributed by atoms with E-state index in [0.717, 1.165) is 16.7 Å². The Morgan fingerprint density at radius 2 is 2.00 bits per heavy atom. The molecule has 1 aromatic heterocycles. The average Bonchev–Trinajstić information content (AvgIpc) is 2.99. The second kappa shape index (κ2) is 5.49. The van der Waals surface area contributed by atoms with E-state index in [0.29, 0.717) is 6.04 Å². The molecule has 1 fully saturated rings. The lowest BCUT2D eigenvalue weighted by atomic mass is 10.1. The minimum Gasteiger partial charge on any atom is -0.356 e. The van der Waals surface area contributed by atoms with Crippen LogP contribution in [0.1, 0.15) is 31.2 Å². The van der Waals surface area contributed by atoms with Crippen molar-refractivity contribution in [3.8, 4) is 0 Å². The fourth-order valence-electron chi connectivity index (χ4n) is 3.02. The lowest BCUT2D eigenvalue weighted by Gasteiger charge is -2.27. The van der Waals surface area contributed by atoms with E-state index in [1.54, 1.807) is 0 Å². The normalized spacial score (nSPS) is 16.1. The molecule has 0 amide bonds. The molecule has 1 saturated carbocycles. The van der Waals surface area contributed by atoms with E-state index in [1.165, 1.54) is 36.6 Å². The summed E-state index contributed by atoms with van der Waals surface area (Å²) in [6.07, 6.45) is 5.30. The van der Waals surface area contributed by atoms with E-state index in [-0.39, 0.29) is 0 Å². The van der Waals surface area contributed by atoms with Crippen molar-refractivity contribution in [1.29, 1.82) is 0 Å². The van der Waals surface area contributed by atoms with Gasteiger partial charge in [-0.1, -0.05) is 47.0 Å². The highest BCUT2D eigenvalue weighted by molar-refractivity contribution is 9.08. The second-order valence-electron chi connectivity index (χ2n) is 5.35. The lowest BCUT2D eigenvalue weighted by molar-refractivity contribution is 0.646. The second-order valence-corrected chi connectivity index (χ2v) is 5.91. The van der Waals surface area contributed by atoms with Gasteiger partial charge in [0, 0.05) is 29.4 Å². The molecule has 0 radical (unpaired) electrons. The van der Waals surface area contributed by atoms with E-state index >= 15 is 0 Å². The predicted molar refractivity (Wildman–Crippen MR) is 85.0 cm³/mol. The zero-order valence-electron chi connectivity index (χ0n) is 11.3. The molecule has 1 aromatic carbocycles. The van der Waals surface area contributed by atoms with Crippen molar-refractivity contribution in [3.63, 3.8) is 0 Å². The highest BCUT2D eigenvalue weighted by Crippen LogP contribution is 2.30. The van der Waals surface area contributed by atoms with E-state index in [9.17, 15) is 0 Å². The third-order valence-electron chi connectivity index (χ3n) is 4.13. The van der Waals surface area contributed by atoms with Gasteiger partial charge in [0.25, 0.3) is 0 Å². The largest absolute Gasteiger partial charge is 0.356 e. The van der Waals surface area contributed by atoms with Crippen LogP contribution >= 0.6 is 15.9 Å². The molecule has 0 atom stereocenters. The number of fused-ring (bicyclic) bond motifs is 1. The molecule has 1 heterocycles. The van der Waals surface area contributed by atoms with Crippen molar-refractivity contribution in [2.24, 2.45) is 0 Å². The van der Waals surface area contributed by atoms with Crippen LogP contribution in [0.3, 0.4) is 0 Å². The van der Waals surface area contributed by atoms with Crippen LogP contribution in [-0.2, 0) is 5.33 Å². The molecule has 0 N–H and O–H groups in total. The molecule has 0 aliphatic heterocycles. The van der Waals surface area contributed by atoms with Crippen LogP contribution < -0.4 is 4.90 Å². The third kappa shape index (κ3) is 2.48. The van der Waals surface area contributed by atoms with E-state index in [4.69, 9.17) is 4.98 Å². The molecular formula is C16H19BrN2. The zero-order valence-corrected chi connectivity index (χ0v) is 12.9. The molecule has 2 nitrogen and oxygen atoms in total. The van der Waals surface area contributed by atoms with Gasteiger partial charge in [-0.25, -0.2) is 4.98 Å². The summed E-state index contributed by atoms with van der Waals surface area (Å²) in [7, 11) is 2.19. The summed E-state index contributed by atoms with van der Waals surface area (Å²) in [4.78, 5) is 7.27. The Balaban J connectivity index is 2.05. The Morgan fingerprint density at radius 1 is 1.26 bits per heavy atom. The van der Waals surface area contributed by atoms with Crippen LogP contribution in [0.5, 0.6) is 0 Å². The summed E-state index contributed by atoms with van der Waals surface area (Å²) < 4.78 is 0. The molecular weight excluding hydrogens is 300 g/mol. The van der Waals surface area contributed by atoms with Crippen LogP contribution in [0.4, 0.5) is 5.82 Å². The first-order valence-electron chi connectivity index (χ1n) is 6.97. The molecule has 100 valence electrons. The van der Waals surface area contributed by atoms with Crippen LogP contribution in [0, 0.1) is 0 Å². The Bertz CT molecular complexity index is 576. The first-order chi connectivity index (χ1) is 9.29. The van der Waals surface area contributed by atoms with Gasteiger partial charge in [0.1, 0.15) is 5.82 Å². The van der Waals surface area contributed by atoms with Gasteiger partial charge in [0.05, 0.1) is 5.52 Å². The van der Waals surface area contributed by atoms with Gasteiger partial charge >= 0.3 is 0 Å². The average molecular weight is 319 g/mol. The Labute approximate surface area is 123 Å². The van der Waals surface area contributed by atoms with Gasteiger partial charge < -0.3 is 4.90 Å². The summed E-state index contributed by atoms with van der Waals surface area (Å²) in [6, 6.07) is 11.3. The summed E-state index contributed by atoms with van der Waals surface area (Å²) in [6.45, 7) is 0. The Morgan fingerprint density at radius 3 is 2.74 bits per heavy atom. The first-order valence-corrected chi connectivity index (χ1v) is 8.09. The molecule has 3 rings (SSSR count). The van der Waals surface area contributed by atoms with Crippen molar-refractivity contribution >= 4 is 32.7 Å². The molecule has 0 saturated heterocycles. The van der Waals surface area contributed by atoms with Crippen LogP contribution in [0.15, 0.2) is 30.3 Å². The summed E-state index contributed by atoms with van der Waals surface area (Å²) >= 11 is 3.60. The Hall–Kier alpha value is -1.09. The molecule has 0 unspecified atom stereocenters. The standard InChI is InChI=1S/C16H19BrN2/c1-19(14-7-3-4-8-14)16-13(11-17)10-12-6-2-5-9-15(12)18-16/h2,5-6,9-10,14H,3-4,7-8,11H2,1H3. The number of aromatic nitrogens is 1. The Kier molecular flexibility index (Phi) is 3.74. The number of alkyl halides is 1. The van der Waals surface area contributed by atoms with Crippen molar-refractivity contribution in [3.05, 3.63) is 35.9 Å². The van der Waals surface area contributed by atoms with Gasteiger partial charge in [0.2, 0.25) is 0 Å². The van der Waals surface area contributed by atoms with Crippen LogP contribution in [0.2, 0.25) is 0 Å². The van der Waals surface area contributed by atoms with Gasteiger partial charge in [-0.3, -0.25) is 0 Å². The fraction of sp³-hybridized carbons (Fsp3) is 0.438. The third-order valence-corrected chi connectivity index (χ3v) is 4.73. The van der Waals surface area contributed by atoms with Gasteiger partial charge in [-0.2, -0.15) is 0 Å². The number of pyridine rings is 1. The predicted octanol–water partition coefficient (Wildman–Crippen LogP) is 4.51. The molecule has 0 spiro atoms. The molecule has 2 aromatic rings. The number of anilines is 1. The summed E-state index contributed by atoms with van der Waals surface area (Å²) in [5.74, 6) is 1.14. The van der Waals surface area contributed by atoms with Crippen molar-refractivity contribution in [2.75, 3.05) is 11.9 Å². The van der Waals surface area contributed by atoms with E-state index < -0.39 is 0 Å². The number of hydrogen-bond donors (Lipinski definition) is 0. The fourth-order valence-corrected chi connectivity index (χ4v) is 3.43. The van der Waals surface area contributed by atoms with Crippen molar-refractivity contribution < 1.29 is 0 Å². The highest BCUT2D eigenvalue weighted by Gasteiger charge is 2.22. The zero-order chi connectivity index (χ0) is 13.2. The monoisotopic (exact) mass is 318 g/mol. The van der Waals surface area contributed by atoms with Gasteiger partial charge in [-0.05, 0) is 25.0 Å². The van der Waals surface area contributed by atoms with E-state index in [2.05, 4.69) is 58.2 Å². The maximum absolute atomic E-state index is 4.89. The SMILES string of the molecule is CN(c1nc2ccccc2cc1CBr)C1CCCC1. The quantitative estimate of drug-likeness (QED) is 0.774.